The number of carbonyl (C=O) groups excluding carboxylic acids is 2. The summed E-state index contributed by atoms with van der Waals surface area (Å²) in [6.45, 7) is 6.30. The van der Waals surface area contributed by atoms with Gasteiger partial charge in [0, 0.05) is 44.7 Å². The highest BCUT2D eigenvalue weighted by atomic mass is 16.5. The van der Waals surface area contributed by atoms with E-state index in [0.717, 1.165) is 49.1 Å². The minimum absolute atomic E-state index is 0.0222. The number of unbranched alkanes of at least 4 members (excludes halogenated alkanes) is 2. The van der Waals surface area contributed by atoms with Crippen LogP contribution in [0.25, 0.3) is 0 Å². The Kier molecular flexibility index (Phi) is 12.8. The van der Waals surface area contributed by atoms with Crippen molar-refractivity contribution < 1.29 is 29.0 Å². The summed E-state index contributed by atoms with van der Waals surface area (Å²) in [7, 11) is 0. The van der Waals surface area contributed by atoms with E-state index in [2.05, 4.69) is 17.1 Å². The number of ketones is 1. The van der Waals surface area contributed by atoms with Gasteiger partial charge in [0.25, 0.3) is 0 Å². The third kappa shape index (κ3) is 10.7. The lowest BCUT2D eigenvalue weighted by molar-refractivity contribution is -0.136. The molecule has 0 saturated carbocycles. The fourth-order valence-electron chi connectivity index (χ4n) is 4.50. The molecule has 3 rings (SSSR count). The maximum absolute atomic E-state index is 13.0. The summed E-state index contributed by atoms with van der Waals surface area (Å²) in [5.74, 6) is 0.667. The van der Waals surface area contributed by atoms with Crippen LogP contribution in [0.15, 0.2) is 54.6 Å². The van der Waals surface area contributed by atoms with Crippen molar-refractivity contribution in [3.63, 3.8) is 0 Å². The van der Waals surface area contributed by atoms with Crippen molar-refractivity contribution in [3.05, 3.63) is 65.7 Å². The lowest BCUT2D eigenvalue weighted by Crippen LogP contribution is -2.56. The van der Waals surface area contributed by atoms with Gasteiger partial charge in [0.2, 0.25) is 5.91 Å². The van der Waals surface area contributed by atoms with Crippen LogP contribution in [0.3, 0.4) is 0 Å². The molecule has 2 N–H and O–H groups in total. The lowest BCUT2D eigenvalue weighted by atomic mass is 10.0. The quantitative estimate of drug-likeness (QED) is 0.243. The third-order valence-electron chi connectivity index (χ3n) is 6.75. The molecule has 9 nitrogen and oxygen atoms in total. The molecular formula is C30H41N3O6. The number of nitrogens with one attached hydrogen (secondary N) is 1. The van der Waals surface area contributed by atoms with Gasteiger partial charge in [-0.15, -0.1) is 0 Å². The van der Waals surface area contributed by atoms with Crippen LogP contribution in [-0.4, -0.2) is 84.7 Å². The molecule has 2 aromatic rings. The fourth-order valence-corrected chi connectivity index (χ4v) is 4.50. The van der Waals surface area contributed by atoms with Crippen molar-refractivity contribution in [2.45, 2.75) is 51.7 Å². The number of hydrogen-bond acceptors (Lipinski definition) is 6. The zero-order valence-corrected chi connectivity index (χ0v) is 22.8. The summed E-state index contributed by atoms with van der Waals surface area (Å²) in [5, 5.41) is 11.5. The van der Waals surface area contributed by atoms with Crippen LogP contribution in [-0.2, 0) is 16.1 Å². The maximum Gasteiger partial charge on any atom is 0.405 e. The van der Waals surface area contributed by atoms with E-state index in [1.807, 2.05) is 54.6 Å². The van der Waals surface area contributed by atoms with Crippen LogP contribution in [0.2, 0.25) is 0 Å². The largest absolute Gasteiger partial charge is 0.494 e. The van der Waals surface area contributed by atoms with Crippen LogP contribution >= 0.6 is 0 Å². The third-order valence-corrected chi connectivity index (χ3v) is 6.75. The van der Waals surface area contributed by atoms with Gasteiger partial charge in [-0.3, -0.25) is 14.5 Å². The summed E-state index contributed by atoms with van der Waals surface area (Å²) < 4.78 is 11.5. The molecule has 1 aliphatic rings. The molecule has 212 valence electrons. The molecule has 1 aliphatic heterocycles. The number of nitrogens with zero attached hydrogens (tertiary/aromatic N) is 2. The second-order valence-electron chi connectivity index (χ2n) is 9.78. The summed E-state index contributed by atoms with van der Waals surface area (Å²) >= 11 is 0. The van der Waals surface area contributed by atoms with E-state index < -0.39 is 12.1 Å². The van der Waals surface area contributed by atoms with Crippen molar-refractivity contribution >= 4 is 17.8 Å². The molecule has 0 aliphatic carbocycles. The summed E-state index contributed by atoms with van der Waals surface area (Å²) in [6, 6.07) is 16.0. The highest BCUT2D eigenvalue weighted by Crippen LogP contribution is 2.15. The Bertz CT molecular complexity index is 1020. The average Bonchev–Trinajstić information content (AvgIpc) is 2.95. The molecule has 2 amide bonds. The van der Waals surface area contributed by atoms with Gasteiger partial charge in [-0.1, -0.05) is 50.1 Å². The van der Waals surface area contributed by atoms with Gasteiger partial charge < -0.3 is 24.8 Å². The Morgan fingerprint density at radius 2 is 1.67 bits per heavy atom. The van der Waals surface area contributed by atoms with E-state index in [4.69, 9.17) is 9.47 Å². The Balaban J connectivity index is 1.34. The molecule has 0 unspecified atom stereocenters. The average molecular weight is 540 g/mol. The minimum atomic E-state index is -1.25. The monoisotopic (exact) mass is 539 g/mol. The first kappa shape index (κ1) is 30.1. The van der Waals surface area contributed by atoms with E-state index in [1.54, 1.807) is 4.90 Å². The zero-order valence-electron chi connectivity index (χ0n) is 22.8. The van der Waals surface area contributed by atoms with Crippen LogP contribution in [0.5, 0.6) is 5.75 Å². The van der Waals surface area contributed by atoms with Gasteiger partial charge in [0.05, 0.1) is 19.8 Å². The van der Waals surface area contributed by atoms with E-state index >= 15 is 0 Å². The Labute approximate surface area is 231 Å². The van der Waals surface area contributed by atoms with Gasteiger partial charge in [-0.25, -0.2) is 4.79 Å². The Hall–Kier alpha value is -3.43. The van der Waals surface area contributed by atoms with E-state index in [9.17, 15) is 19.5 Å². The highest BCUT2D eigenvalue weighted by Gasteiger charge is 2.28. The summed E-state index contributed by atoms with van der Waals surface area (Å²) in [6.07, 6.45) is 3.28. The van der Waals surface area contributed by atoms with Gasteiger partial charge in [0.1, 0.15) is 11.8 Å². The number of ether oxygens (including phenoxy) is 2. The van der Waals surface area contributed by atoms with E-state index in [-0.39, 0.29) is 18.3 Å². The van der Waals surface area contributed by atoms with Crippen molar-refractivity contribution in [3.8, 4) is 5.75 Å². The van der Waals surface area contributed by atoms with Crippen LogP contribution in [0.4, 0.5) is 4.79 Å². The molecule has 0 aromatic heterocycles. The molecule has 0 radical (unpaired) electrons. The van der Waals surface area contributed by atoms with Crippen LogP contribution < -0.4 is 10.1 Å². The smallest absolute Gasteiger partial charge is 0.405 e. The number of rotatable bonds is 16. The molecule has 9 heteroatoms. The number of amides is 2. The molecule has 0 spiro atoms. The predicted octanol–water partition coefficient (Wildman–Crippen LogP) is 4.22. The SMILES string of the molecule is CCCCCC(=O)c1ccc(OCCCN2CCN(C(=O)[C@H](COCc3ccccc3)NC(=O)O)CC2)cc1. The molecular weight excluding hydrogens is 498 g/mol. The Morgan fingerprint density at radius 3 is 2.33 bits per heavy atom. The number of carbonyl (C=O) groups is 3. The standard InChI is InChI=1S/C30H41N3O6/c1-2-3-5-11-28(34)25-12-14-26(15-13-25)39-21-8-16-32-17-19-33(20-18-32)29(35)27(31-30(36)37)23-38-22-24-9-6-4-7-10-24/h4,6-7,9-10,12-15,27,31H,2-3,5,8,11,16-23H2,1H3,(H,36,37)/t27-/m0/s1. The summed E-state index contributed by atoms with van der Waals surface area (Å²) in [5.41, 5.74) is 1.69. The van der Waals surface area contributed by atoms with Crippen molar-refractivity contribution in [1.82, 2.24) is 15.1 Å². The topological polar surface area (TPSA) is 108 Å². The van der Waals surface area contributed by atoms with E-state index in [1.165, 1.54) is 0 Å². The number of hydrogen-bond donors (Lipinski definition) is 2. The number of benzene rings is 2. The lowest BCUT2D eigenvalue weighted by Gasteiger charge is -2.36. The first-order valence-electron chi connectivity index (χ1n) is 13.8. The van der Waals surface area contributed by atoms with Crippen molar-refractivity contribution in [1.29, 1.82) is 0 Å². The number of carboxylic acid groups (broad SMARTS) is 1. The van der Waals surface area contributed by atoms with Gasteiger partial charge in [0.15, 0.2) is 5.78 Å². The molecule has 1 atom stereocenters. The number of Topliss-reactive ketones (excluding diaryl/α,β-unsaturated/α-hetero) is 1. The highest BCUT2D eigenvalue weighted by molar-refractivity contribution is 5.96. The van der Waals surface area contributed by atoms with Gasteiger partial charge in [-0.05, 0) is 42.7 Å². The second-order valence-corrected chi connectivity index (χ2v) is 9.78. The van der Waals surface area contributed by atoms with Crippen molar-refractivity contribution in [2.75, 3.05) is 45.9 Å². The first-order valence-corrected chi connectivity index (χ1v) is 13.8. The van der Waals surface area contributed by atoms with E-state index in [0.29, 0.717) is 45.8 Å². The fraction of sp³-hybridized carbons (Fsp3) is 0.500. The van der Waals surface area contributed by atoms with Gasteiger partial charge >= 0.3 is 6.09 Å². The molecule has 1 fully saturated rings. The van der Waals surface area contributed by atoms with Gasteiger partial charge in [-0.2, -0.15) is 0 Å². The van der Waals surface area contributed by atoms with Crippen LogP contribution in [0, 0.1) is 0 Å². The predicted molar refractivity (Wildman–Crippen MR) is 149 cm³/mol. The second kappa shape index (κ2) is 16.5. The maximum atomic E-state index is 13.0. The molecule has 1 heterocycles. The summed E-state index contributed by atoms with van der Waals surface area (Å²) in [4.78, 5) is 40.4. The Morgan fingerprint density at radius 1 is 0.949 bits per heavy atom. The molecule has 0 bridgehead atoms. The van der Waals surface area contributed by atoms with Crippen molar-refractivity contribution in [2.24, 2.45) is 0 Å². The molecule has 1 saturated heterocycles. The number of piperazine rings is 1. The molecule has 39 heavy (non-hydrogen) atoms. The normalized spacial score (nSPS) is 14.5. The van der Waals surface area contributed by atoms with Crippen LogP contribution in [0.1, 0.15) is 54.9 Å². The zero-order chi connectivity index (χ0) is 27.9. The first-order chi connectivity index (χ1) is 19.0. The molecule has 2 aromatic carbocycles. The minimum Gasteiger partial charge on any atom is -0.494 e.